The van der Waals surface area contributed by atoms with Gasteiger partial charge in [0.25, 0.3) is 0 Å². The third kappa shape index (κ3) is 4.79. The van der Waals surface area contributed by atoms with Crippen LogP contribution in [-0.4, -0.2) is 29.3 Å². The Kier molecular flexibility index (Phi) is 7.73. The second-order valence-electron chi connectivity index (χ2n) is 5.44. The second kappa shape index (κ2) is 8.79. The maximum Gasteiger partial charge on any atom is 0.222 e. The number of nitrogens with zero attached hydrogens (tertiary/aromatic N) is 1. The van der Waals surface area contributed by atoms with Crippen molar-refractivity contribution in [1.82, 2.24) is 4.90 Å². The Bertz CT molecular complexity index is 235. The van der Waals surface area contributed by atoms with E-state index >= 15 is 0 Å². The van der Waals surface area contributed by atoms with Gasteiger partial charge in [0.1, 0.15) is 0 Å². The zero-order valence-corrected chi connectivity index (χ0v) is 12.7. The standard InChI is InChI=1S/C15H28ClNO/c1-3-14(4-2)17(12-11-16)15(18)10-9-13-7-5-6-8-13/h13-14H,3-12H2,1-2H3. The van der Waals surface area contributed by atoms with Gasteiger partial charge in [0, 0.05) is 24.9 Å². The molecule has 1 saturated carbocycles. The minimum Gasteiger partial charge on any atom is -0.339 e. The molecule has 106 valence electrons. The molecule has 3 heteroatoms. The number of amides is 1. The molecule has 0 aliphatic heterocycles. The predicted molar refractivity (Wildman–Crippen MR) is 78.0 cm³/mol. The largest absolute Gasteiger partial charge is 0.339 e. The topological polar surface area (TPSA) is 20.3 Å². The summed E-state index contributed by atoms with van der Waals surface area (Å²) >= 11 is 5.83. The van der Waals surface area contributed by atoms with Crippen molar-refractivity contribution in [2.24, 2.45) is 5.92 Å². The second-order valence-corrected chi connectivity index (χ2v) is 5.81. The molecule has 2 nitrogen and oxygen atoms in total. The van der Waals surface area contributed by atoms with E-state index < -0.39 is 0 Å². The van der Waals surface area contributed by atoms with Crippen molar-refractivity contribution < 1.29 is 4.79 Å². The molecular weight excluding hydrogens is 246 g/mol. The first-order valence-corrected chi connectivity index (χ1v) is 8.11. The van der Waals surface area contributed by atoms with Crippen LogP contribution in [0.2, 0.25) is 0 Å². The van der Waals surface area contributed by atoms with Gasteiger partial charge < -0.3 is 4.90 Å². The maximum atomic E-state index is 12.3. The molecule has 0 aromatic rings. The van der Waals surface area contributed by atoms with Crippen LogP contribution in [-0.2, 0) is 4.79 Å². The molecule has 0 aromatic heterocycles. The van der Waals surface area contributed by atoms with E-state index in [-0.39, 0.29) is 0 Å². The number of hydrogen-bond donors (Lipinski definition) is 0. The van der Waals surface area contributed by atoms with Crippen molar-refractivity contribution in [2.45, 2.75) is 71.3 Å². The fourth-order valence-electron chi connectivity index (χ4n) is 3.10. The molecule has 0 saturated heterocycles. The lowest BCUT2D eigenvalue weighted by Gasteiger charge is -2.30. The van der Waals surface area contributed by atoms with Gasteiger partial charge >= 0.3 is 0 Å². The molecule has 1 amide bonds. The Morgan fingerprint density at radius 1 is 1.28 bits per heavy atom. The molecule has 0 bridgehead atoms. The van der Waals surface area contributed by atoms with Crippen molar-refractivity contribution in [2.75, 3.05) is 12.4 Å². The zero-order chi connectivity index (χ0) is 13.4. The number of rotatable bonds is 8. The normalized spacial score (nSPS) is 16.4. The van der Waals surface area contributed by atoms with Crippen LogP contribution < -0.4 is 0 Å². The average molecular weight is 274 g/mol. The smallest absolute Gasteiger partial charge is 0.222 e. The van der Waals surface area contributed by atoms with Crippen LogP contribution in [0, 0.1) is 5.92 Å². The predicted octanol–water partition coefficient (Wildman–Crippen LogP) is 4.21. The van der Waals surface area contributed by atoms with Gasteiger partial charge in [-0.3, -0.25) is 4.79 Å². The number of halogens is 1. The van der Waals surface area contributed by atoms with Crippen molar-refractivity contribution in [3.05, 3.63) is 0 Å². The average Bonchev–Trinajstić information content (AvgIpc) is 2.89. The monoisotopic (exact) mass is 273 g/mol. The fraction of sp³-hybridized carbons (Fsp3) is 0.933. The molecule has 18 heavy (non-hydrogen) atoms. The number of carbonyl (C=O) groups excluding carboxylic acids is 1. The van der Waals surface area contributed by atoms with Gasteiger partial charge in [-0.1, -0.05) is 39.5 Å². The van der Waals surface area contributed by atoms with E-state index in [1.807, 2.05) is 4.90 Å². The highest BCUT2D eigenvalue weighted by atomic mass is 35.5. The Morgan fingerprint density at radius 2 is 1.89 bits per heavy atom. The van der Waals surface area contributed by atoms with E-state index in [9.17, 15) is 4.79 Å². The molecule has 0 heterocycles. The van der Waals surface area contributed by atoms with Crippen molar-refractivity contribution in [3.8, 4) is 0 Å². The molecule has 0 aromatic carbocycles. The highest BCUT2D eigenvalue weighted by Gasteiger charge is 2.22. The van der Waals surface area contributed by atoms with Gasteiger partial charge in [0.2, 0.25) is 5.91 Å². The van der Waals surface area contributed by atoms with E-state index in [1.165, 1.54) is 25.7 Å². The summed E-state index contributed by atoms with van der Waals surface area (Å²) in [6.07, 6.45) is 9.23. The van der Waals surface area contributed by atoms with E-state index in [0.29, 0.717) is 24.4 Å². The maximum absolute atomic E-state index is 12.3. The minimum atomic E-state index is 0.316. The highest BCUT2D eigenvalue weighted by molar-refractivity contribution is 6.18. The lowest BCUT2D eigenvalue weighted by molar-refractivity contribution is -0.133. The molecule has 1 aliphatic carbocycles. The molecule has 0 N–H and O–H groups in total. The third-order valence-corrected chi connectivity index (χ3v) is 4.44. The van der Waals surface area contributed by atoms with Gasteiger partial charge in [-0.25, -0.2) is 0 Å². The van der Waals surface area contributed by atoms with E-state index in [4.69, 9.17) is 11.6 Å². The lowest BCUT2D eigenvalue weighted by Crippen LogP contribution is -2.41. The van der Waals surface area contributed by atoms with Crippen molar-refractivity contribution in [1.29, 1.82) is 0 Å². The van der Waals surface area contributed by atoms with Gasteiger partial charge in [-0.2, -0.15) is 0 Å². The van der Waals surface area contributed by atoms with E-state index in [1.54, 1.807) is 0 Å². The molecule has 1 rings (SSSR count). The lowest BCUT2D eigenvalue weighted by atomic mass is 10.0. The Morgan fingerprint density at radius 3 is 2.39 bits per heavy atom. The number of alkyl halides is 1. The van der Waals surface area contributed by atoms with E-state index in [0.717, 1.165) is 31.6 Å². The summed E-state index contributed by atoms with van der Waals surface area (Å²) in [4.78, 5) is 14.3. The van der Waals surface area contributed by atoms with Gasteiger partial charge in [0.05, 0.1) is 0 Å². The van der Waals surface area contributed by atoms with Crippen molar-refractivity contribution >= 4 is 17.5 Å². The van der Waals surface area contributed by atoms with Crippen molar-refractivity contribution in [3.63, 3.8) is 0 Å². The number of hydrogen-bond acceptors (Lipinski definition) is 1. The van der Waals surface area contributed by atoms with Gasteiger partial charge in [-0.15, -0.1) is 11.6 Å². The SMILES string of the molecule is CCC(CC)N(CCCl)C(=O)CCC1CCCC1. The summed E-state index contributed by atoms with van der Waals surface area (Å²) < 4.78 is 0. The zero-order valence-electron chi connectivity index (χ0n) is 12.0. The van der Waals surface area contributed by atoms with Crippen LogP contribution in [0.15, 0.2) is 0 Å². The summed E-state index contributed by atoms with van der Waals surface area (Å²) in [5, 5.41) is 0. The molecule has 0 spiro atoms. The van der Waals surface area contributed by atoms with Gasteiger partial charge in [0.15, 0.2) is 0 Å². The van der Waals surface area contributed by atoms with Gasteiger partial charge in [-0.05, 0) is 25.2 Å². The quantitative estimate of drug-likeness (QED) is 0.607. The molecular formula is C15H28ClNO. The summed E-state index contributed by atoms with van der Waals surface area (Å²) in [6, 6.07) is 0.375. The summed E-state index contributed by atoms with van der Waals surface area (Å²) in [6.45, 7) is 5.01. The van der Waals surface area contributed by atoms with Crippen LogP contribution in [0.4, 0.5) is 0 Å². The highest BCUT2D eigenvalue weighted by Crippen LogP contribution is 2.29. The molecule has 1 fully saturated rings. The molecule has 1 aliphatic rings. The number of carbonyl (C=O) groups is 1. The van der Waals surface area contributed by atoms with Crippen LogP contribution in [0.1, 0.15) is 65.2 Å². The van der Waals surface area contributed by atoms with E-state index in [2.05, 4.69) is 13.8 Å². The molecule has 0 radical (unpaired) electrons. The first kappa shape index (κ1) is 15.8. The Balaban J connectivity index is 2.42. The Hall–Kier alpha value is -0.240. The fourth-order valence-corrected chi connectivity index (χ4v) is 3.28. The van der Waals surface area contributed by atoms with Crippen LogP contribution in [0.3, 0.4) is 0 Å². The third-order valence-electron chi connectivity index (χ3n) is 4.27. The minimum absolute atomic E-state index is 0.316. The van der Waals surface area contributed by atoms with Crippen LogP contribution >= 0.6 is 11.6 Å². The Labute approximate surface area is 117 Å². The first-order chi connectivity index (χ1) is 8.72. The van der Waals surface area contributed by atoms with Crippen LogP contribution in [0.25, 0.3) is 0 Å². The molecule has 0 unspecified atom stereocenters. The molecule has 0 atom stereocenters. The summed E-state index contributed by atoms with van der Waals surface area (Å²) in [7, 11) is 0. The first-order valence-electron chi connectivity index (χ1n) is 7.58. The summed E-state index contributed by atoms with van der Waals surface area (Å²) in [5.41, 5.74) is 0. The van der Waals surface area contributed by atoms with Crippen LogP contribution in [0.5, 0.6) is 0 Å². The summed E-state index contributed by atoms with van der Waals surface area (Å²) in [5.74, 6) is 1.66.